The Bertz CT molecular complexity index is 493. The lowest BCUT2D eigenvalue weighted by Gasteiger charge is -2.09. The SMILES string of the molecule is Cc1ccc(C(=O)N[C@H](C)c2nnco2)cn1. The molecule has 0 aliphatic rings. The van der Waals surface area contributed by atoms with E-state index in [-0.39, 0.29) is 11.9 Å². The molecule has 1 atom stereocenters. The van der Waals surface area contributed by atoms with Gasteiger partial charge in [0.15, 0.2) is 0 Å². The molecule has 2 aromatic rings. The van der Waals surface area contributed by atoms with Gasteiger partial charge < -0.3 is 9.73 Å². The zero-order valence-corrected chi connectivity index (χ0v) is 9.54. The minimum Gasteiger partial charge on any atom is -0.426 e. The average molecular weight is 232 g/mol. The van der Waals surface area contributed by atoms with Crippen LogP contribution in [0.4, 0.5) is 0 Å². The quantitative estimate of drug-likeness (QED) is 0.861. The Hall–Kier alpha value is -2.24. The molecule has 0 aliphatic carbocycles. The van der Waals surface area contributed by atoms with Gasteiger partial charge in [-0.05, 0) is 26.0 Å². The Labute approximate surface area is 98.1 Å². The number of amides is 1. The summed E-state index contributed by atoms with van der Waals surface area (Å²) in [5, 5.41) is 10.0. The number of rotatable bonds is 3. The molecule has 2 rings (SSSR count). The normalized spacial score (nSPS) is 12.1. The van der Waals surface area contributed by atoms with E-state index in [4.69, 9.17) is 4.42 Å². The van der Waals surface area contributed by atoms with Gasteiger partial charge in [0.25, 0.3) is 5.91 Å². The van der Waals surface area contributed by atoms with Crippen LogP contribution in [0.1, 0.15) is 34.9 Å². The van der Waals surface area contributed by atoms with E-state index < -0.39 is 0 Å². The monoisotopic (exact) mass is 232 g/mol. The Balaban J connectivity index is 2.04. The third kappa shape index (κ3) is 2.66. The maximum Gasteiger partial charge on any atom is 0.253 e. The standard InChI is InChI=1S/C11H12N4O2/c1-7-3-4-9(5-12-7)10(16)14-8(2)11-15-13-6-17-11/h3-6,8H,1-2H3,(H,14,16)/t8-/m1/s1. The molecule has 1 amide bonds. The number of aryl methyl sites for hydroxylation is 1. The Morgan fingerprint density at radius 2 is 2.29 bits per heavy atom. The van der Waals surface area contributed by atoms with Crippen LogP contribution in [0.25, 0.3) is 0 Å². The smallest absolute Gasteiger partial charge is 0.253 e. The Morgan fingerprint density at radius 1 is 1.47 bits per heavy atom. The highest BCUT2D eigenvalue weighted by atomic mass is 16.4. The van der Waals surface area contributed by atoms with Gasteiger partial charge in [-0.3, -0.25) is 9.78 Å². The van der Waals surface area contributed by atoms with E-state index in [2.05, 4.69) is 20.5 Å². The molecule has 17 heavy (non-hydrogen) atoms. The summed E-state index contributed by atoms with van der Waals surface area (Å²) in [4.78, 5) is 15.9. The van der Waals surface area contributed by atoms with E-state index >= 15 is 0 Å². The van der Waals surface area contributed by atoms with Gasteiger partial charge in [0.1, 0.15) is 6.04 Å². The lowest BCUT2D eigenvalue weighted by Crippen LogP contribution is -2.27. The maximum atomic E-state index is 11.8. The van der Waals surface area contributed by atoms with Gasteiger partial charge in [-0.2, -0.15) is 0 Å². The van der Waals surface area contributed by atoms with Crippen LogP contribution in [0, 0.1) is 6.92 Å². The van der Waals surface area contributed by atoms with Crippen molar-refractivity contribution in [3.63, 3.8) is 0 Å². The van der Waals surface area contributed by atoms with Gasteiger partial charge in [0, 0.05) is 11.9 Å². The summed E-state index contributed by atoms with van der Waals surface area (Å²) >= 11 is 0. The molecule has 0 radical (unpaired) electrons. The van der Waals surface area contributed by atoms with Crippen LogP contribution in [0.3, 0.4) is 0 Å². The predicted octanol–water partition coefficient (Wildman–Crippen LogP) is 1.26. The molecule has 0 aliphatic heterocycles. The molecular weight excluding hydrogens is 220 g/mol. The van der Waals surface area contributed by atoms with Crippen LogP contribution in [-0.4, -0.2) is 21.1 Å². The summed E-state index contributed by atoms with van der Waals surface area (Å²) in [7, 11) is 0. The summed E-state index contributed by atoms with van der Waals surface area (Å²) < 4.78 is 5.00. The van der Waals surface area contributed by atoms with Crippen molar-refractivity contribution in [2.75, 3.05) is 0 Å². The van der Waals surface area contributed by atoms with Gasteiger partial charge >= 0.3 is 0 Å². The summed E-state index contributed by atoms with van der Waals surface area (Å²) in [5.74, 6) is 0.154. The zero-order valence-electron chi connectivity index (χ0n) is 9.54. The topological polar surface area (TPSA) is 80.9 Å². The zero-order chi connectivity index (χ0) is 12.3. The third-order valence-electron chi connectivity index (χ3n) is 2.27. The van der Waals surface area contributed by atoms with Crippen LogP contribution < -0.4 is 5.32 Å². The van der Waals surface area contributed by atoms with Gasteiger partial charge in [-0.1, -0.05) is 0 Å². The molecule has 6 nitrogen and oxygen atoms in total. The number of hydrogen-bond donors (Lipinski definition) is 1. The van der Waals surface area contributed by atoms with E-state index in [1.54, 1.807) is 19.1 Å². The highest BCUT2D eigenvalue weighted by Crippen LogP contribution is 2.09. The molecule has 0 bridgehead atoms. The van der Waals surface area contributed by atoms with Crippen LogP contribution in [-0.2, 0) is 0 Å². The largest absolute Gasteiger partial charge is 0.426 e. The molecule has 0 saturated carbocycles. The molecular formula is C11H12N4O2. The minimum atomic E-state index is -0.327. The fraction of sp³-hybridized carbons (Fsp3) is 0.273. The number of hydrogen-bond acceptors (Lipinski definition) is 5. The predicted molar refractivity (Wildman–Crippen MR) is 59.2 cm³/mol. The number of carbonyl (C=O) groups is 1. The van der Waals surface area contributed by atoms with Gasteiger partial charge in [-0.25, -0.2) is 0 Å². The molecule has 1 N–H and O–H groups in total. The summed E-state index contributed by atoms with van der Waals surface area (Å²) in [6, 6.07) is 3.18. The first-order valence-corrected chi connectivity index (χ1v) is 5.16. The van der Waals surface area contributed by atoms with Crippen molar-refractivity contribution in [1.82, 2.24) is 20.5 Å². The van der Waals surface area contributed by atoms with Crippen molar-refractivity contribution in [1.29, 1.82) is 0 Å². The highest BCUT2D eigenvalue weighted by Gasteiger charge is 2.15. The Kier molecular flexibility index (Phi) is 3.13. The molecule has 0 fully saturated rings. The van der Waals surface area contributed by atoms with E-state index in [0.717, 1.165) is 5.69 Å². The van der Waals surface area contributed by atoms with Gasteiger partial charge in [-0.15, -0.1) is 10.2 Å². The first-order chi connectivity index (χ1) is 8.16. The van der Waals surface area contributed by atoms with Crippen LogP contribution >= 0.6 is 0 Å². The minimum absolute atomic E-state index is 0.219. The van der Waals surface area contributed by atoms with Crippen molar-refractivity contribution in [3.8, 4) is 0 Å². The van der Waals surface area contributed by atoms with Crippen LogP contribution in [0.15, 0.2) is 29.1 Å². The molecule has 0 spiro atoms. The molecule has 0 saturated heterocycles. The second-order valence-electron chi connectivity index (χ2n) is 3.66. The molecule has 2 heterocycles. The van der Waals surface area contributed by atoms with E-state index in [0.29, 0.717) is 11.5 Å². The molecule has 2 aromatic heterocycles. The molecule has 6 heteroatoms. The Morgan fingerprint density at radius 3 is 2.88 bits per heavy atom. The fourth-order valence-electron chi connectivity index (χ4n) is 1.31. The summed E-state index contributed by atoms with van der Waals surface area (Å²) in [6.07, 6.45) is 2.76. The van der Waals surface area contributed by atoms with Crippen molar-refractivity contribution in [2.24, 2.45) is 0 Å². The lowest BCUT2D eigenvalue weighted by molar-refractivity contribution is 0.0934. The average Bonchev–Trinajstić information content (AvgIpc) is 2.83. The molecule has 0 unspecified atom stereocenters. The number of nitrogens with zero attached hydrogens (tertiary/aromatic N) is 3. The van der Waals surface area contributed by atoms with E-state index in [9.17, 15) is 4.79 Å². The van der Waals surface area contributed by atoms with Crippen molar-refractivity contribution >= 4 is 5.91 Å². The lowest BCUT2D eigenvalue weighted by atomic mass is 10.2. The van der Waals surface area contributed by atoms with Crippen LogP contribution in [0.5, 0.6) is 0 Å². The number of pyridine rings is 1. The second kappa shape index (κ2) is 4.73. The molecule has 0 aromatic carbocycles. The molecule has 88 valence electrons. The van der Waals surface area contributed by atoms with Crippen molar-refractivity contribution in [3.05, 3.63) is 41.9 Å². The second-order valence-corrected chi connectivity index (χ2v) is 3.66. The number of nitrogens with one attached hydrogen (secondary N) is 1. The van der Waals surface area contributed by atoms with E-state index in [1.165, 1.54) is 12.6 Å². The van der Waals surface area contributed by atoms with Gasteiger partial charge in [0.2, 0.25) is 12.3 Å². The van der Waals surface area contributed by atoms with Gasteiger partial charge in [0.05, 0.1) is 5.56 Å². The third-order valence-corrected chi connectivity index (χ3v) is 2.27. The van der Waals surface area contributed by atoms with Crippen LogP contribution in [0.2, 0.25) is 0 Å². The van der Waals surface area contributed by atoms with Crippen molar-refractivity contribution in [2.45, 2.75) is 19.9 Å². The van der Waals surface area contributed by atoms with Crippen molar-refractivity contribution < 1.29 is 9.21 Å². The van der Waals surface area contributed by atoms with E-state index in [1.807, 2.05) is 6.92 Å². The summed E-state index contributed by atoms with van der Waals surface area (Å²) in [5.41, 5.74) is 1.37. The fourth-order valence-corrected chi connectivity index (χ4v) is 1.31. The number of carbonyl (C=O) groups excluding carboxylic acids is 1. The summed E-state index contributed by atoms with van der Waals surface area (Å²) in [6.45, 7) is 3.63. The first-order valence-electron chi connectivity index (χ1n) is 5.16. The number of aromatic nitrogens is 3. The maximum absolute atomic E-state index is 11.8. The highest BCUT2D eigenvalue weighted by molar-refractivity contribution is 5.94. The first kappa shape index (κ1) is 11.3.